The van der Waals surface area contributed by atoms with Gasteiger partial charge in [0.1, 0.15) is 0 Å². The van der Waals surface area contributed by atoms with Gasteiger partial charge in [-0.1, -0.05) is 6.07 Å². The highest BCUT2D eigenvalue weighted by atomic mass is 35.5. The molecule has 2 rings (SSSR count). The maximum atomic E-state index is 12.4. The fourth-order valence-corrected chi connectivity index (χ4v) is 3.84. The van der Waals surface area contributed by atoms with E-state index >= 15 is 0 Å². The van der Waals surface area contributed by atoms with E-state index in [1.54, 1.807) is 7.11 Å². The summed E-state index contributed by atoms with van der Waals surface area (Å²) in [5, 5.41) is 10.9. The van der Waals surface area contributed by atoms with Crippen LogP contribution in [0.5, 0.6) is 0 Å². The van der Waals surface area contributed by atoms with Crippen molar-refractivity contribution in [2.45, 2.75) is 25.3 Å². The quantitative estimate of drug-likeness (QED) is 0.538. The zero-order valence-corrected chi connectivity index (χ0v) is 16.0. The van der Waals surface area contributed by atoms with Crippen LogP contribution in [0.3, 0.4) is 0 Å². The third kappa shape index (κ3) is 6.81. The molecule has 0 aromatic carbocycles. The first-order chi connectivity index (χ1) is 11.5. The van der Waals surface area contributed by atoms with E-state index in [-0.39, 0.29) is 30.2 Å². The lowest BCUT2D eigenvalue weighted by Gasteiger charge is -2.37. The number of amides is 3. The van der Waals surface area contributed by atoms with E-state index in [2.05, 4.69) is 16.0 Å². The number of methoxy groups -OCH3 is 1. The summed E-state index contributed by atoms with van der Waals surface area (Å²) in [6.45, 7) is 3.07. The Morgan fingerprint density at radius 2 is 2.16 bits per heavy atom. The Morgan fingerprint density at radius 1 is 1.44 bits per heavy atom. The van der Waals surface area contributed by atoms with Gasteiger partial charge in [0.2, 0.25) is 5.91 Å². The summed E-state index contributed by atoms with van der Waals surface area (Å²) in [6, 6.07) is 2.75. The molecule has 0 saturated carbocycles. The molecule has 9 heteroatoms. The average Bonchev–Trinajstić information content (AvgIpc) is 3.08. The monoisotopic (exact) mass is 390 g/mol. The molecule has 3 amide bonds. The number of piperidine rings is 1. The third-order valence-corrected chi connectivity index (χ3v) is 5.35. The third-order valence-electron chi connectivity index (χ3n) is 4.37. The average molecular weight is 391 g/mol. The van der Waals surface area contributed by atoms with Gasteiger partial charge in [-0.2, -0.15) is 0 Å². The maximum Gasteiger partial charge on any atom is 0.312 e. The standard InChI is InChI=1S/C16H26N4O3S.ClH/c1-23-11-16(4-6-18-7-5-16)10-19-14(21)9-12(20-15(17)22)13-3-2-8-24-13;/h2-3,8,12,18H,4-7,9-11H2,1H3,(H,19,21)(H3,17,20,22);1H. The molecule has 1 aliphatic rings. The topological polar surface area (TPSA) is 105 Å². The first-order valence-corrected chi connectivity index (χ1v) is 8.98. The van der Waals surface area contributed by atoms with Gasteiger partial charge in [0.25, 0.3) is 0 Å². The lowest BCUT2D eigenvalue weighted by atomic mass is 9.79. The highest BCUT2D eigenvalue weighted by molar-refractivity contribution is 7.10. The lowest BCUT2D eigenvalue weighted by molar-refractivity contribution is -0.122. The molecule has 1 aliphatic heterocycles. The Labute approximate surface area is 158 Å². The first-order valence-electron chi connectivity index (χ1n) is 8.10. The van der Waals surface area contributed by atoms with Crippen molar-refractivity contribution >= 4 is 35.7 Å². The Hall–Kier alpha value is -1.35. The number of hydrogen-bond acceptors (Lipinski definition) is 5. The van der Waals surface area contributed by atoms with Crippen LogP contribution in [-0.4, -0.2) is 45.3 Å². The molecule has 142 valence electrons. The Bertz CT molecular complexity index is 530. The van der Waals surface area contributed by atoms with Crippen molar-refractivity contribution in [1.29, 1.82) is 0 Å². The molecule has 1 aromatic rings. The van der Waals surface area contributed by atoms with Crippen molar-refractivity contribution < 1.29 is 14.3 Å². The first kappa shape index (κ1) is 21.7. The summed E-state index contributed by atoms with van der Waals surface area (Å²) in [5.41, 5.74) is 5.20. The molecule has 0 bridgehead atoms. The summed E-state index contributed by atoms with van der Waals surface area (Å²) in [7, 11) is 1.69. The molecule has 0 aliphatic carbocycles. The predicted molar refractivity (Wildman–Crippen MR) is 101 cm³/mol. The van der Waals surface area contributed by atoms with Crippen LogP contribution < -0.4 is 21.7 Å². The van der Waals surface area contributed by atoms with Gasteiger partial charge in [0.05, 0.1) is 19.1 Å². The van der Waals surface area contributed by atoms with Gasteiger partial charge in [-0.05, 0) is 37.4 Å². The number of nitrogens with two attached hydrogens (primary N) is 1. The van der Waals surface area contributed by atoms with Crippen LogP contribution in [0.4, 0.5) is 4.79 Å². The van der Waals surface area contributed by atoms with E-state index in [1.165, 1.54) is 11.3 Å². The Balaban J connectivity index is 0.00000312. The molecule has 5 N–H and O–H groups in total. The predicted octanol–water partition coefficient (Wildman–Crippen LogP) is 1.40. The molecule has 1 atom stereocenters. The number of nitrogens with one attached hydrogen (secondary N) is 3. The molecule has 1 fully saturated rings. The molecular weight excluding hydrogens is 364 g/mol. The zero-order chi connectivity index (χ0) is 17.4. The number of carbonyl (C=O) groups is 2. The minimum atomic E-state index is -0.629. The molecule has 2 heterocycles. The fraction of sp³-hybridized carbons (Fsp3) is 0.625. The molecule has 0 spiro atoms. The smallest absolute Gasteiger partial charge is 0.312 e. The van der Waals surface area contributed by atoms with E-state index in [0.29, 0.717) is 13.2 Å². The summed E-state index contributed by atoms with van der Waals surface area (Å²) in [6.07, 6.45) is 2.11. The molecule has 1 aromatic heterocycles. The summed E-state index contributed by atoms with van der Waals surface area (Å²) >= 11 is 1.49. The lowest BCUT2D eigenvalue weighted by Crippen LogP contribution is -2.47. The summed E-state index contributed by atoms with van der Waals surface area (Å²) < 4.78 is 5.36. The van der Waals surface area contributed by atoms with E-state index in [9.17, 15) is 9.59 Å². The number of halogens is 1. The number of rotatable bonds is 8. The number of carbonyl (C=O) groups excluding carboxylic acids is 2. The highest BCUT2D eigenvalue weighted by Gasteiger charge is 2.32. The molecule has 0 radical (unpaired) electrons. The van der Waals surface area contributed by atoms with Crippen molar-refractivity contribution in [3.63, 3.8) is 0 Å². The van der Waals surface area contributed by atoms with Crippen LogP contribution in [0.1, 0.15) is 30.2 Å². The number of ether oxygens (including phenoxy) is 1. The zero-order valence-electron chi connectivity index (χ0n) is 14.4. The van der Waals surface area contributed by atoms with Crippen LogP contribution in [0.2, 0.25) is 0 Å². The fourth-order valence-electron chi connectivity index (χ4n) is 3.06. The van der Waals surface area contributed by atoms with Gasteiger partial charge in [0, 0.05) is 23.9 Å². The number of thiophene rings is 1. The van der Waals surface area contributed by atoms with E-state index in [1.807, 2.05) is 17.5 Å². The van der Waals surface area contributed by atoms with Crippen LogP contribution in [0, 0.1) is 5.41 Å². The number of hydrogen-bond donors (Lipinski definition) is 4. The second-order valence-electron chi connectivity index (χ2n) is 6.24. The van der Waals surface area contributed by atoms with Gasteiger partial charge in [-0.3, -0.25) is 4.79 Å². The van der Waals surface area contributed by atoms with Gasteiger partial charge < -0.3 is 26.4 Å². The molecular formula is C16H27ClN4O3S. The Kier molecular flexibility index (Phi) is 9.20. The number of primary amides is 1. The van der Waals surface area contributed by atoms with E-state index in [0.717, 1.165) is 30.8 Å². The molecule has 1 saturated heterocycles. The van der Waals surface area contributed by atoms with Crippen LogP contribution in [0.25, 0.3) is 0 Å². The van der Waals surface area contributed by atoms with Gasteiger partial charge >= 0.3 is 6.03 Å². The minimum absolute atomic E-state index is 0. The van der Waals surface area contributed by atoms with E-state index in [4.69, 9.17) is 10.5 Å². The maximum absolute atomic E-state index is 12.4. The van der Waals surface area contributed by atoms with E-state index < -0.39 is 12.1 Å². The van der Waals surface area contributed by atoms with Crippen LogP contribution in [0.15, 0.2) is 17.5 Å². The minimum Gasteiger partial charge on any atom is -0.384 e. The molecule has 7 nitrogen and oxygen atoms in total. The van der Waals surface area contributed by atoms with Crippen molar-refractivity contribution in [1.82, 2.24) is 16.0 Å². The van der Waals surface area contributed by atoms with Gasteiger partial charge in [-0.25, -0.2) is 4.79 Å². The highest BCUT2D eigenvalue weighted by Crippen LogP contribution is 2.28. The number of urea groups is 1. The van der Waals surface area contributed by atoms with Crippen molar-refractivity contribution in [2.75, 3.05) is 33.4 Å². The summed E-state index contributed by atoms with van der Waals surface area (Å²) in [4.78, 5) is 24.5. The second kappa shape index (κ2) is 10.6. The van der Waals surface area contributed by atoms with Crippen LogP contribution in [-0.2, 0) is 9.53 Å². The van der Waals surface area contributed by atoms with Crippen molar-refractivity contribution in [2.24, 2.45) is 11.1 Å². The largest absolute Gasteiger partial charge is 0.384 e. The van der Waals surface area contributed by atoms with Crippen LogP contribution >= 0.6 is 23.7 Å². The Morgan fingerprint density at radius 3 is 2.72 bits per heavy atom. The normalized spacial score (nSPS) is 17.2. The van der Waals surface area contributed by atoms with Crippen molar-refractivity contribution in [3.8, 4) is 0 Å². The van der Waals surface area contributed by atoms with Gasteiger partial charge in [-0.15, -0.1) is 23.7 Å². The van der Waals surface area contributed by atoms with Crippen molar-refractivity contribution in [3.05, 3.63) is 22.4 Å². The summed E-state index contributed by atoms with van der Waals surface area (Å²) in [5.74, 6) is -0.101. The molecule has 1 unspecified atom stereocenters. The molecule has 25 heavy (non-hydrogen) atoms. The SMILES string of the molecule is COCC1(CNC(=O)CC(NC(N)=O)c2cccs2)CCNCC1.Cl. The van der Waals surface area contributed by atoms with Gasteiger partial charge in [0.15, 0.2) is 0 Å². The second-order valence-corrected chi connectivity index (χ2v) is 7.22.